The molecule has 1 amide bonds. The third-order valence-electron chi connectivity index (χ3n) is 5.09. The third-order valence-corrected chi connectivity index (χ3v) is 6.91. The highest BCUT2D eigenvalue weighted by atomic mass is 32.2. The van der Waals surface area contributed by atoms with Gasteiger partial charge in [-0.1, -0.05) is 17.7 Å². The van der Waals surface area contributed by atoms with E-state index in [1.165, 1.54) is 18.5 Å². The molecule has 7 nitrogen and oxygen atoms in total. The van der Waals surface area contributed by atoms with Crippen molar-refractivity contribution in [3.8, 4) is 11.5 Å². The molecule has 8 heteroatoms. The van der Waals surface area contributed by atoms with Gasteiger partial charge < -0.3 is 14.8 Å². The zero-order valence-electron chi connectivity index (χ0n) is 19.2. The van der Waals surface area contributed by atoms with Crippen molar-refractivity contribution >= 4 is 21.6 Å². The van der Waals surface area contributed by atoms with E-state index in [1.54, 1.807) is 66.7 Å². The zero-order valence-corrected chi connectivity index (χ0v) is 20.0. The second kappa shape index (κ2) is 10.5. The number of anilines is 1. The summed E-state index contributed by atoms with van der Waals surface area (Å²) in [5.74, 6) is 0.908. The van der Waals surface area contributed by atoms with Gasteiger partial charge in [-0.05, 0) is 68.4 Å². The Balaban J connectivity index is 1.80. The van der Waals surface area contributed by atoms with E-state index in [-0.39, 0.29) is 17.3 Å². The van der Waals surface area contributed by atoms with Gasteiger partial charge in [0.05, 0.1) is 18.6 Å². The third kappa shape index (κ3) is 5.91. The van der Waals surface area contributed by atoms with Crippen LogP contribution in [-0.4, -0.2) is 39.4 Å². The highest BCUT2D eigenvalue weighted by Crippen LogP contribution is 2.25. The minimum atomic E-state index is -3.70. The molecular formula is C25H28N2O5S. The molecule has 0 aliphatic carbocycles. The van der Waals surface area contributed by atoms with Crippen molar-refractivity contribution in [2.45, 2.75) is 25.3 Å². The monoisotopic (exact) mass is 468 g/mol. The molecule has 0 spiro atoms. The van der Waals surface area contributed by atoms with E-state index in [9.17, 15) is 13.2 Å². The molecule has 174 valence electrons. The Morgan fingerprint density at radius 1 is 1.00 bits per heavy atom. The van der Waals surface area contributed by atoms with Crippen molar-refractivity contribution in [1.82, 2.24) is 4.31 Å². The number of amides is 1. The smallest absolute Gasteiger partial charge is 0.255 e. The van der Waals surface area contributed by atoms with Crippen LogP contribution in [0.5, 0.6) is 11.5 Å². The molecule has 1 N–H and O–H groups in total. The van der Waals surface area contributed by atoms with Gasteiger partial charge in [-0.15, -0.1) is 0 Å². The maximum atomic E-state index is 13.0. The van der Waals surface area contributed by atoms with Gasteiger partial charge >= 0.3 is 0 Å². The molecule has 3 aromatic rings. The number of sulfonamides is 1. The van der Waals surface area contributed by atoms with Crippen LogP contribution < -0.4 is 14.8 Å². The van der Waals surface area contributed by atoms with E-state index >= 15 is 0 Å². The van der Waals surface area contributed by atoms with Crippen molar-refractivity contribution in [3.63, 3.8) is 0 Å². The average Bonchev–Trinajstić information content (AvgIpc) is 2.80. The Kier molecular flexibility index (Phi) is 7.73. The number of benzene rings is 3. The lowest BCUT2D eigenvalue weighted by atomic mass is 10.1. The molecule has 0 aliphatic heterocycles. The number of hydrogen-bond donors (Lipinski definition) is 1. The van der Waals surface area contributed by atoms with Crippen LogP contribution in [0.3, 0.4) is 0 Å². The van der Waals surface area contributed by atoms with Gasteiger partial charge in [-0.2, -0.15) is 4.31 Å². The molecule has 0 bridgehead atoms. The fourth-order valence-corrected chi connectivity index (χ4v) is 4.41. The fraction of sp³-hybridized carbons (Fsp3) is 0.240. The number of rotatable bonds is 9. The maximum Gasteiger partial charge on any atom is 0.255 e. The molecular weight excluding hydrogens is 440 g/mol. The van der Waals surface area contributed by atoms with Gasteiger partial charge in [0.15, 0.2) is 0 Å². The number of ether oxygens (including phenoxy) is 2. The summed E-state index contributed by atoms with van der Waals surface area (Å²) < 4.78 is 38.0. The second-order valence-electron chi connectivity index (χ2n) is 7.51. The van der Waals surface area contributed by atoms with E-state index in [1.807, 2.05) is 13.8 Å². The van der Waals surface area contributed by atoms with Crippen LogP contribution in [-0.2, 0) is 16.6 Å². The predicted octanol–water partition coefficient (Wildman–Crippen LogP) is 4.48. The highest BCUT2D eigenvalue weighted by Gasteiger charge is 2.22. The van der Waals surface area contributed by atoms with E-state index in [4.69, 9.17) is 9.47 Å². The summed E-state index contributed by atoms with van der Waals surface area (Å²) in [5.41, 5.74) is 2.57. The first-order chi connectivity index (χ1) is 15.7. The summed E-state index contributed by atoms with van der Waals surface area (Å²) in [4.78, 5) is 13.0. The predicted molar refractivity (Wildman–Crippen MR) is 128 cm³/mol. The summed E-state index contributed by atoms with van der Waals surface area (Å²) in [6.07, 6.45) is 0. The summed E-state index contributed by atoms with van der Waals surface area (Å²) >= 11 is 0. The molecule has 3 rings (SSSR count). The second-order valence-corrected chi connectivity index (χ2v) is 9.56. The molecule has 0 radical (unpaired) electrons. The number of carbonyl (C=O) groups is 1. The van der Waals surface area contributed by atoms with Crippen LogP contribution in [0.2, 0.25) is 0 Å². The summed E-state index contributed by atoms with van der Waals surface area (Å²) in [7, 11) is -0.696. The molecule has 0 heterocycles. The Labute approximate surface area is 195 Å². The molecule has 0 saturated heterocycles. The SMILES string of the molecule is CCOc1ccc(NC(=O)c2ccc(OC)c(CN(C)S(=O)(=O)c3ccc(C)cc3)c2)cc1. The van der Waals surface area contributed by atoms with Crippen LogP contribution in [0.4, 0.5) is 5.69 Å². The maximum absolute atomic E-state index is 13.0. The van der Waals surface area contributed by atoms with Crippen LogP contribution in [0, 0.1) is 6.92 Å². The standard InChI is InChI=1S/C25H28N2O5S/c1-5-32-22-11-9-21(10-12-22)26-25(28)19-8-15-24(31-4)20(16-19)17-27(3)33(29,30)23-13-6-18(2)7-14-23/h6-16H,5,17H2,1-4H3,(H,26,28). The van der Waals surface area contributed by atoms with Gasteiger partial charge in [-0.3, -0.25) is 4.79 Å². The van der Waals surface area contributed by atoms with Gasteiger partial charge in [0.2, 0.25) is 10.0 Å². The number of nitrogens with one attached hydrogen (secondary N) is 1. The Morgan fingerprint density at radius 2 is 1.67 bits per heavy atom. The number of carbonyl (C=O) groups excluding carboxylic acids is 1. The molecule has 33 heavy (non-hydrogen) atoms. The lowest BCUT2D eigenvalue weighted by Crippen LogP contribution is -2.27. The number of aryl methyl sites for hydroxylation is 1. The molecule has 0 atom stereocenters. The Hall–Kier alpha value is -3.36. The van der Waals surface area contributed by atoms with Gasteiger partial charge in [-0.25, -0.2) is 8.42 Å². The minimum Gasteiger partial charge on any atom is -0.496 e. The number of nitrogens with zero attached hydrogens (tertiary/aromatic N) is 1. The van der Waals surface area contributed by atoms with Crippen LogP contribution in [0.25, 0.3) is 0 Å². The number of hydrogen-bond acceptors (Lipinski definition) is 5. The lowest BCUT2D eigenvalue weighted by Gasteiger charge is -2.19. The molecule has 0 saturated carbocycles. The topological polar surface area (TPSA) is 84.9 Å². The molecule has 0 aliphatic rings. The molecule has 0 aromatic heterocycles. The van der Waals surface area contributed by atoms with Crippen LogP contribution in [0.1, 0.15) is 28.4 Å². The van der Waals surface area contributed by atoms with E-state index in [2.05, 4.69) is 5.32 Å². The molecule has 3 aromatic carbocycles. The summed E-state index contributed by atoms with van der Waals surface area (Å²) in [5, 5.41) is 2.84. The fourth-order valence-electron chi connectivity index (χ4n) is 3.26. The van der Waals surface area contributed by atoms with Crippen molar-refractivity contribution in [2.24, 2.45) is 0 Å². The quantitative estimate of drug-likeness (QED) is 0.501. The minimum absolute atomic E-state index is 0.0452. The average molecular weight is 469 g/mol. The van der Waals surface area contributed by atoms with Crippen molar-refractivity contribution in [2.75, 3.05) is 26.1 Å². The number of methoxy groups -OCH3 is 1. The van der Waals surface area contributed by atoms with Gasteiger partial charge in [0.1, 0.15) is 11.5 Å². The van der Waals surface area contributed by atoms with Gasteiger partial charge in [0.25, 0.3) is 5.91 Å². The first-order valence-electron chi connectivity index (χ1n) is 10.5. The molecule has 0 fully saturated rings. The normalized spacial score (nSPS) is 11.3. The first kappa shape index (κ1) is 24.3. The Morgan fingerprint density at radius 3 is 2.27 bits per heavy atom. The van der Waals surface area contributed by atoms with E-state index in [0.29, 0.717) is 29.2 Å². The van der Waals surface area contributed by atoms with E-state index in [0.717, 1.165) is 11.3 Å². The first-order valence-corrected chi connectivity index (χ1v) is 11.9. The summed E-state index contributed by atoms with van der Waals surface area (Å²) in [6.45, 7) is 4.41. The van der Waals surface area contributed by atoms with Gasteiger partial charge in [0, 0.05) is 30.4 Å². The van der Waals surface area contributed by atoms with Crippen molar-refractivity contribution < 1.29 is 22.7 Å². The van der Waals surface area contributed by atoms with Crippen LogP contribution in [0.15, 0.2) is 71.6 Å². The van der Waals surface area contributed by atoms with Crippen LogP contribution >= 0.6 is 0 Å². The van der Waals surface area contributed by atoms with Crippen molar-refractivity contribution in [1.29, 1.82) is 0 Å². The molecule has 0 unspecified atom stereocenters. The van der Waals surface area contributed by atoms with E-state index < -0.39 is 10.0 Å². The zero-order chi connectivity index (χ0) is 24.0. The highest BCUT2D eigenvalue weighted by molar-refractivity contribution is 7.89. The van der Waals surface area contributed by atoms with Crippen molar-refractivity contribution in [3.05, 3.63) is 83.4 Å². The lowest BCUT2D eigenvalue weighted by molar-refractivity contribution is 0.102. The summed E-state index contributed by atoms with van der Waals surface area (Å²) in [6, 6.07) is 18.7. The largest absolute Gasteiger partial charge is 0.496 e. The Bertz CT molecular complexity index is 1210.